The highest BCUT2D eigenvalue weighted by atomic mass is 19.1. The third kappa shape index (κ3) is 3.39. The fourth-order valence-electron chi connectivity index (χ4n) is 1.39. The van der Waals surface area contributed by atoms with Crippen LogP contribution in [0.1, 0.15) is 5.69 Å². The molecule has 0 fully saturated rings. The zero-order valence-corrected chi connectivity index (χ0v) is 9.52. The van der Waals surface area contributed by atoms with Gasteiger partial charge in [0.05, 0.1) is 17.9 Å². The van der Waals surface area contributed by atoms with E-state index in [9.17, 15) is 9.18 Å². The molecule has 18 heavy (non-hydrogen) atoms. The van der Waals surface area contributed by atoms with E-state index in [1.807, 2.05) is 0 Å². The zero-order chi connectivity index (χ0) is 12.8. The van der Waals surface area contributed by atoms with Gasteiger partial charge in [-0.05, 0) is 12.1 Å². The number of rotatable bonds is 5. The second kappa shape index (κ2) is 5.92. The Morgan fingerprint density at radius 1 is 1.33 bits per heavy atom. The highest BCUT2D eigenvalue weighted by Crippen LogP contribution is 2.11. The molecule has 6 heteroatoms. The van der Waals surface area contributed by atoms with Crippen LogP contribution in [0.2, 0.25) is 0 Å². The van der Waals surface area contributed by atoms with Gasteiger partial charge in [-0.3, -0.25) is 4.79 Å². The van der Waals surface area contributed by atoms with E-state index in [1.54, 1.807) is 18.2 Å². The Balaban J connectivity index is 1.77. The van der Waals surface area contributed by atoms with E-state index >= 15 is 0 Å². The van der Waals surface area contributed by atoms with E-state index in [2.05, 4.69) is 20.3 Å². The SMILES string of the molecule is O=C(CNCc1ccon1)Nc1ccccc1F. The molecule has 0 unspecified atom stereocenters. The number of anilines is 1. The van der Waals surface area contributed by atoms with Crippen molar-refractivity contribution in [3.63, 3.8) is 0 Å². The number of nitrogens with zero attached hydrogens (tertiary/aromatic N) is 1. The summed E-state index contributed by atoms with van der Waals surface area (Å²) in [7, 11) is 0. The number of benzene rings is 1. The lowest BCUT2D eigenvalue weighted by Crippen LogP contribution is -2.28. The van der Waals surface area contributed by atoms with Crippen LogP contribution in [0, 0.1) is 5.82 Å². The summed E-state index contributed by atoms with van der Waals surface area (Å²) >= 11 is 0. The largest absolute Gasteiger partial charge is 0.364 e. The molecule has 2 N–H and O–H groups in total. The third-order valence-electron chi connectivity index (χ3n) is 2.23. The van der Waals surface area contributed by atoms with Gasteiger partial charge < -0.3 is 15.2 Å². The molecule has 1 aromatic carbocycles. The summed E-state index contributed by atoms with van der Waals surface area (Å²) in [6, 6.07) is 7.71. The number of amides is 1. The van der Waals surface area contributed by atoms with E-state index in [0.29, 0.717) is 12.2 Å². The number of nitrogens with one attached hydrogen (secondary N) is 2. The Morgan fingerprint density at radius 2 is 2.17 bits per heavy atom. The molecule has 0 bridgehead atoms. The van der Waals surface area contributed by atoms with Gasteiger partial charge in [-0.15, -0.1) is 0 Å². The fourth-order valence-corrected chi connectivity index (χ4v) is 1.39. The van der Waals surface area contributed by atoms with Crippen molar-refractivity contribution in [3.05, 3.63) is 48.1 Å². The first-order valence-electron chi connectivity index (χ1n) is 5.40. The minimum atomic E-state index is -0.456. The van der Waals surface area contributed by atoms with Gasteiger partial charge in [-0.2, -0.15) is 0 Å². The van der Waals surface area contributed by atoms with Gasteiger partial charge in [-0.25, -0.2) is 4.39 Å². The minimum absolute atomic E-state index is 0.0706. The molecular formula is C12H12FN3O2. The van der Waals surface area contributed by atoms with Crippen LogP contribution in [0.3, 0.4) is 0 Å². The predicted octanol–water partition coefficient (Wildman–Crippen LogP) is 1.54. The predicted molar refractivity (Wildman–Crippen MR) is 63.2 cm³/mol. The highest BCUT2D eigenvalue weighted by Gasteiger charge is 2.06. The Kier molecular flexibility index (Phi) is 4.03. The minimum Gasteiger partial charge on any atom is -0.364 e. The van der Waals surface area contributed by atoms with Crippen LogP contribution in [-0.4, -0.2) is 17.6 Å². The molecule has 0 spiro atoms. The lowest BCUT2D eigenvalue weighted by atomic mass is 10.3. The molecular weight excluding hydrogens is 237 g/mol. The molecule has 0 aliphatic carbocycles. The second-order valence-corrected chi connectivity index (χ2v) is 3.62. The van der Waals surface area contributed by atoms with Crippen LogP contribution < -0.4 is 10.6 Å². The molecule has 0 saturated heterocycles. The van der Waals surface area contributed by atoms with Crippen LogP contribution in [-0.2, 0) is 11.3 Å². The quantitative estimate of drug-likeness (QED) is 0.843. The van der Waals surface area contributed by atoms with Crippen molar-refractivity contribution in [3.8, 4) is 0 Å². The van der Waals surface area contributed by atoms with E-state index in [-0.39, 0.29) is 18.1 Å². The van der Waals surface area contributed by atoms with Gasteiger partial charge in [0.15, 0.2) is 0 Å². The topological polar surface area (TPSA) is 67.2 Å². The Labute approximate surface area is 103 Å². The summed E-state index contributed by atoms with van der Waals surface area (Å²) in [5, 5.41) is 9.02. The third-order valence-corrected chi connectivity index (χ3v) is 2.23. The molecule has 0 saturated carbocycles. The van der Waals surface area contributed by atoms with Gasteiger partial charge in [0, 0.05) is 12.6 Å². The maximum atomic E-state index is 13.2. The average Bonchev–Trinajstić information content (AvgIpc) is 2.85. The molecule has 0 radical (unpaired) electrons. The van der Waals surface area contributed by atoms with Gasteiger partial charge >= 0.3 is 0 Å². The summed E-state index contributed by atoms with van der Waals surface area (Å²) in [5.41, 5.74) is 0.874. The zero-order valence-electron chi connectivity index (χ0n) is 9.52. The number of carbonyl (C=O) groups excluding carboxylic acids is 1. The monoisotopic (exact) mass is 249 g/mol. The lowest BCUT2D eigenvalue weighted by molar-refractivity contribution is -0.115. The standard InChI is InChI=1S/C12H12FN3O2/c13-10-3-1-2-4-11(10)15-12(17)8-14-7-9-5-6-18-16-9/h1-6,14H,7-8H2,(H,15,17). The van der Waals surface area contributed by atoms with Crippen molar-refractivity contribution < 1.29 is 13.7 Å². The number of para-hydroxylation sites is 1. The van der Waals surface area contributed by atoms with E-state index in [4.69, 9.17) is 0 Å². The molecule has 2 aromatic rings. The summed E-state index contributed by atoms with van der Waals surface area (Å²) < 4.78 is 17.9. The van der Waals surface area contributed by atoms with Gasteiger partial charge in [0.25, 0.3) is 0 Å². The van der Waals surface area contributed by atoms with Crippen molar-refractivity contribution in [1.82, 2.24) is 10.5 Å². The Hall–Kier alpha value is -2.21. The molecule has 5 nitrogen and oxygen atoms in total. The van der Waals surface area contributed by atoms with Crippen LogP contribution >= 0.6 is 0 Å². The number of carbonyl (C=O) groups is 1. The number of hydrogen-bond donors (Lipinski definition) is 2. The van der Waals surface area contributed by atoms with E-state index in [0.717, 1.165) is 0 Å². The first-order chi connectivity index (χ1) is 8.75. The van der Waals surface area contributed by atoms with Crippen LogP contribution in [0.4, 0.5) is 10.1 Å². The lowest BCUT2D eigenvalue weighted by Gasteiger charge is -2.06. The van der Waals surface area contributed by atoms with Crippen LogP contribution in [0.5, 0.6) is 0 Å². The molecule has 0 aliphatic heterocycles. The molecule has 1 aromatic heterocycles. The van der Waals surface area contributed by atoms with Crippen molar-refractivity contribution in [2.75, 3.05) is 11.9 Å². The summed E-state index contributed by atoms with van der Waals surface area (Å²) in [6.45, 7) is 0.488. The molecule has 1 heterocycles. The normalized spacial score (nSPS) is 10.3. The summed E-state index contributed by atoms with van der Waals surface area (Å²) in [4.78, 5) is 11.5. The molecule has 2 rings (SSSR count). The number of hydrogen-bond acceptors (Lipinski definition) is 4. The van der Waals surface area contributed by atoms with Crippen molar-refractivity contribution in [2.45, 2.75) is 6.54 Å². The Morgan fingerprint density at radius 3 is 2.89 bits per heavy atom. The highest BCUT2D eigenvalue weighted by molar-refractivity contribution is 5.92. The first kappa shape index (κ1) is 12.3. The maximum Gasteiger partial charge on any atom is 0.238 e. The number of aromatic nitrogens is 1. The Bertz CT molecular complexity index is 514. The summed E-state index contributed by atoms with van der Waals surface area (Å²) in [5.74, 6) is -0.772. The van der Waals surface area contributed by atoms with Gasteiger partial charge in [-0.1, -0.05) is 17.3 Å². The van der Waals surface area contributed by atoms with E-state index < -0.39 is 5.82 Å². The van der Waals surface area contributed by atoms with Crippen molar-refractivity contribution >= 4 is 11.6 Å². The van der Waals surface area contributed by atoms with Gasteiger partial charge in [0.2, 0.25) is 5.91 Å². The van der Waals surface area contributed by atoms with Crippen LogP contribution in [0.15, 0.2) is 41.1 Å². The summed E-state index contributed by atoms with van der Waals surface area (Å²) in [6.07, 6.45) is 1.45. The average molecular weight is 249 g/mol. The van der Waals surface area contributed by atoms with Gasteiger partial charge in [0.1, 0.15) is 12.1 Å². The number of halogens is 1. The first-order valence-corrected chi connectivity index (χ1v) is 5.40. The molecule has 1 amide bonds. The molecule has 0 atom stereocenters. The maximum absolute atomic E-state index is 13.2. The van der Waals surface area contributed by atoms with E-state index in [1.165, 1.54) is 18.4 Å². The molecule has 94 valence electrons. The second-order valence-electron chi connectivity index (χ2n) is 3.62. The smallest absolute Gasteiger partial charge is 0.238 e. The van der Waals surface area contributed by atoms with Crippen LogP contribution in [0.25, 0.3) is 0 Å². The van der Waals surface area contributed by atoms with Crippen molar-refractivity contribution in [2.24, 2.45) is 0 Å². The van der Waals surface area contributed by atoms with Crippen molar-refractivity contribution in [1.29, 1.82) is 0 Å². The molecule has 0 aliphatic rings. The fraction of sp³-hybridized carbons (Fsp3) is 0.167.